The maximum Gasteiger partial charge on any atom is 0.325 e. The molecule has 1 unspecified atom stereocenters. The third-order valence-electron chi connectivity index (χ3n) is 3.60. The number of carbonyl (C=O) groups is 1. The Balaban J connectivity index is 1.92. The summed E-state index contributed by atoms with van der Waals surface area (Å²) in [6, 6.07) is 0. The van der Waals surface area contributed by atoms with Gasteiger partial charge in [-0.05, 0) is 25.4 Å². The van der Waals surface area contributed by atoms with Crippen LogP contribution in [-0.2, 0) is 21.4 Å². The number of carboxylic acids is 1. The fraction of sp³-hybridized carbons (Fsp3) is 0.667. The number of rotatable bonds is 7. The highest BCUT2D eigenvalue weighted by atomic mass is 32.2. The van der Waals surface area contributed by atoms with Crippen LogP contribution in [0.3, 0.4) is 0 Å². The first kappa shape index (κ1) is 15.9. The Bertz CT molecular complexity index is 598. The number of hydrogen-bond acceptors (Lipinski definition) is 5. The van der Waals surface area contributed by atoms with Gasteiger partial charge in [-0.15, -0.1) is 0 Å². The second-order valence-corrected chi connectivity index (χ2v) is 6.93. The molecule has 118 valence electrons. The monoisotopic (exact) mass is 316 g/mol. The van der Waals surface area contributed by atoms with Crippen LogP contribution in [0.5, 0.6) is 0 Å². The summed E-state index contributed by atoms with van der Waals surface area (Å²) in [5, 5.41) is 12.4. The molecule has 0 aromatic carbocycles. The molecular weight excluding hydrogens is 296 g/mol. The largest absolute Gasteiger partial charge is 0.480 e. The molecule has 1 atom stereocenters. The van der Waals surface area contributed by atoms with Crippen LogP contribution in [0.15, 0.2) is 17.3 Å². The van der Waals surface area contributed by atoms with Crippen molar-refractivity contribution in [1.29, 1.82) is 0 Å². The van der Waals surface area contributed by atoms with E-state index in [9.17, 15) is 13.2 Å². The van der Waals surface area contributed by atoms with E-state index in [1.54, 1.807) is 0 Å². The van der Waals surface area contributed by atoms with Crippen molar-refractivity contribution in [2.24, 2.45) is 5.92 Å². The van der Waals surface area contributed by atoms with Crippen molar-refractivity contribution in [3.8, 4) is 0 Å². The standard InChI is InChI=1S/C12H20N4O4S/c1-2-15-4-3-10(7-15)5-14-21(19,20)11-6-13-16(8-11)9-12(17)18/h6,8,10,14H,2-5,7,9H2,1H3,(H,17,18). The van der Waals surface area contributed by atoms with Gasteiger partial charge in [0, 0.05) is 19.3 Å². The Hall–Kier alpha value is -1.45. The molecule has 1 saturated heterocycles. The van der Waals surface area contributed by atoms with Gasteiger partial charge in [-0.25, -0.2) is 13.1 Å². The lowest BCUT2D eigenvalue weighted by Gasteiger charge is -2.13. The molecular formula is C12H20N4O4S. The molecule has 0 bridgehead atoms. The van der Waals surface area contributed by atoms with E-state index in [0.29, 0.717) is 12.5 Å². The quantitative estimate of drug-likeness (QED) is 0.708. The van der Waals surface area contributed by atoms with E-state index in [4.69, 9.17) is 5.11 Å². The second-order valence-electron chi connectivity index (χ2n) is 5.17. The summed E-state index contributed by atoms with van der Waals surface area (Å²) in [6.07, 6.45) is 3.37. The molecule has 1 aliphatic heterocycles. The highest BCUT2D eigenvalue weighted by molar-refractivity contribution is 7.89. The first-order chi connectivity index (χ1) is 9.90. The average molecular weight is 316 g/mol. The normalized spacial score (nSPS) is 20.0. The fourth-order valence-corrected chi connectivity index (χ4v) is 3.45. The van der Waals surface area contributed by atoms with Crippen molar-refractivity contribution in [2.45, 2.75) is 24.8 Å². The summed E-state index contributed by atoms with van der Waals surface area (Å²) < 4.78 is 27.9. The van der Waals surface area contributed by atoms with Crippen molar-refractivity contribution < 1.29 is 18.3 Å². The second kappa shape index (κ2) is 6.54. The van der Waals surface area contributed by atoms with E-state index < -0.39 is 16.0 Å². The molecule has 2 N–H and O–H groups in total. The van der Waals surface area contributed by atoms with Gasteiger partial charge in [0.1, 0.15) is 11.4 Å². The lowest BCUT2D eigenvalue weighted by Crippen LogP contribution is -2.31. The Labute approximate surface area is 123 Å². The number of sulfonamides is 1. The van der Waals surface area contributed by atoms with Gasteiger partial charge in [0.15, 0.2) is 0 Å². The van der Waals surface area contributed by atoms with Crippen molar-refractivity contribution >= 4 is 16.0 Å². The van der Waals surface area contributed by atoms with E-state index in [-0.39, 0.29) is 11.4 Å². The van der Waals surface area contributed by atoms with Crippen molar-refractivity contribution in [1.82, 2.24) is 19.4 Å². The van der Waals surface area contributed by atoms with Crippen LogP contribution in [0, 0.1) is 5.92 Å². The SMILES string of the molecule is CCN1CCC(CNS(=O)(=O)c2cnn(CC(=O)O)c2)C1. The van der Waals surface area contributed by atoms with Gasteiger partial charge in [0.05, 0.1) is 6.20 Å². The third-order valence-corrected chi connectivity index (χ3v) is 4.97. The number of nitrogens with one attached hydrogen (secondary N) is 1. The molecule has 9 heteroatoms. The van der Waals surface area contributed by atoms with Crippen LogP contribution in [0.2, 0.25) is 0 Å². The van der Waals surface area contributed by atoms with Crippen LogP contribution < -0.4 is 4.72 Å². The minimum atomic E-state index is -3.63. The first-order valence-corrected chi connectivity index (χ1v) is 8.35. The zero-order valence-electron chi connectivity index (χ0n) is 11.9. The van der Waals surface area contributed by atoms with Crippen molar-refractivity contribution in [2.75, 3.05) is 26.2 Å². The fourth-order valence-electron chi connectivity index (χ4n) is 2.39. The third kappa shape index (κ3) is 4.26. The highest BCUT2D eigenvalue weighted by Crippen LogP contribution is 2.16. The summed E-state index contributed by atoms with van der Waals surface area (Å²) in [4.78, 5) is 12.8. The van der Waals surface area contributed by atoms with Crippen molar-refractivity contribution in [3.63, 3.8) is 0 Å². The maximum atomic E-state index is 12.1. The summed E-state index contributed by atoms with van der Waals surface area (Å²) >= 11 is 0. The van der Waals surface area contributed by atoms with Crippen LogP contribution >= 0.6 is 0 Å². The molecule has 21 heavy (non-hydrogen) atoms. The zero-order valence-corrected chi connectivity index (χ0v) is 12.7. The van der Waals surface area contributed by atoms with E-state index in [2.05, 4.69) is 21.6 Å². The lowest BCUT2D eigenvalue weighted by atomic mass is 10.1. The molecule has 1 aromatic heterocycles. The molecule has 2 rings (SSSR count). The average Bonchev–Trinajstić information content (AvgIpc) is 3.04. The van der Waals surface area contributed by atoms with E-state index in [1.165, 1.54) is 6.20 Å². The molecule has 2 heterocycles. The van der Waals surface area contributed by atoms with Gasteiger partial charge in [0.2, 0.25) is 10.0 Å². The highest BCUT2D eigenvalue weighted by Gasteiger charge is 2.24. The van der Waals surface area contributed by atoms with Gasteiger partial charge in [-0.3, -0.25) is 9.48 Å². The molecule has 1 aromatic rings. The minimum Gasteiger partial charge on any atom is -0.480 e. The topological polar surface area (TPSA) is 105 Å². The number of carboxylic acid groups (broad SMARTS) is 1. The van der Waals surface area contributed by atoms with Gasteiger partial charge >= 0.3 is 5.97 Å². The predicted molar refractivity (Wildman–Crippen MR) is 75.3 cm³/mol. The van der Waals surface area contributed by atoms with Crippen LogP contribution in [-0.4, -0.2) is 60.4 Å². The smallest absolute Gasteiger partial charge is 0.325 e. The molecule has 0 aliphatic carbocycles. The van der Waals surface area contributed by atoms with E-state index in [0.717, 1.165) is 36.9 Å². The Morgan fingerprint density at radius 3 is 2.95 bits per heavy atom. The molecule has 8 nitrogen and oxygen atoms in total. The summed E-state index contributed by atoms with van der Waals surface area (Å²) in [6.45, 7) is 5.00. The minimum absolute atomic E-state index is 0.00547. The number of aliphatic carboxylic acids is 1. The van der Waals surface area contributed by atoms with E-state index in [1.807, 2.05) is 0 Å². The molecule has 0 amide bonds. The molecule has 0 spiro atoms. The van der Waals surface area contributed by atoms with Crippen LogP contribution in [0.25, 0.3) is 0 Å². The van der Waals surface area contributed by atoms with Gasteiger partial charge in [0.25, 0.3) is 0 Å². The van der Waals surface area contributed by atoms with Crippen LogP contribution in [0.1, 0.15) is 13.3 Å². The van der Waals surface area contributed by atoms with Gasteiger partial charge < -0.3 is 10.0 Å². The number of nitrogens with zero attached hydrogens (tertiary/aromatic N) is 3. The molecule has 1 aliphatic rings. The number of hydrogen-bond donors (Lipinski definition) is 2. The Kier molecular flexibility index (Phi) is 4.96. The summed E-state index contributed by atoms with van der Waals surface area (Å²) in [7, 11) is -3.63. The lowest BCUT2D eigenvalue weighted by molar-refractivity contribution is -0.137. The maximum absolute atomic E-state index is 12.1. The molecule has 0 saturated carbocycles. The Morgan fingerprint density at radius 1 is 1.57 bits per heavy atom. The summed E-state index contributed by atoms with van der Waals surface area (Å²) in [5.41, 5.74) is 0. The first-order valence-electron chi connectivity index (χ1n) is 6.87. The Morgan fingerprint density at radius 2 is 2.33 bits per heavy atom. The number of likely N-dealkylation sites (tertiary alicyclic amines) is 1. The van der Waals surface area contributed by atoms with E-state index >= 15 is 0 Å². The zero-order chi connectivity index (χ0) is 15.5. The van der Waals surface area contributed by atoms with Gasteiger partial charge in [-0.2, -0.15) is 5.10 Å². The number of aromatic nitrogens is 2. The molecule has 1 fully saturated rings. The molecule has 0 radical (unpaired) electrons. The van der Waals surface area contributed by atoms with Crippen LogP contribution in [0.4, 0.5) is 0 Å². The predicted octanol–water partition coefficient (Wildman–Crippen LogP) is -0.412. The van der Waals surface area contributed by atoms with Crippen molar-refractivity contribution in [3.05, 3.63) is 12.4 Å². The summed E-state index contributed by atoms with van der Waals surface area (Å²) in [5.74, 6) is -0.755. The van der Waals surface area contributed by atoms with Gasteiger partial charge in [-0.1, -0.05) is 6.92 Å².